The number of fused-ring (bicyclic) bond motifs is 14. The molecule has 0 bridgehead atoms. The maximum Gasteiger partial charge on any atom is 0.0726 e. The molecule has 2 nitrogen and oxygen atoms in total. The molecule has 0 N–H and O–H groups in total. The Bertz CT molecular complexity index is 2620. The van der Waals surface area contributed by atoms with Gasteiger partial charge in [-0.15, -0.1) is 0 Å². The van der Waals surface area contributed by atoms with Crippen molar-refractivity contribution in [1.29, 1.82) is 0 Å². The molecule has 0 saturated heterocycles. The van der Waals surface area contributed by atoms with Crippen LogP contribution >= 0.6 is 0 Å². The van der Waals surface area contributed by atoms with Crippen LogP contribution in [0.4, 0.5) is 0 Å². The molecule has 6 aromatic carbocycles. The summed E-state index contributed by atoms with van der Waals surface area (Å²) in [5, 5.41) is 0. The first-order valence-corrected chi connectivity index (χ1v) is 18.2. The van der Waals surface area contributed by atoms with Gasteiger partial charge in [-0.05, 0) is 138 Å². The number of benzene rings is 6. The molecule has 0 aliphatic heterocycles. The summed E-state index contributed by atoms with van der Waals surface area (Å²) >= 11 is 0. The van der Waals surface area contributed by atoms with E-state index in [1.165, 1.54) is 100 Å². The standard InChI is InChI=1S/C50H32N2/c1-29-21-43-47-44(22-29)50(40-14-6-4-12-36(40)38-18-16-32(26-42(38)50)34-10-8-20-52-28-34)46-24-30(2)23-45(48(46)47)49(43)39-13-5-3-11-35(39)37-17-15-31(25-41(37)49)33-9-7-19-51-27-33/h3-28H,1-2H3. The van der Waals surface area contributed by atoms with Crippen molar-refractivity contribution in [3.8, 4) is 55.6 Å². The highest BCUT2D eigenvalue weighted by Gasteiger charge is 2.60. The summed E-state index contributed by atoms with van der Waals surface area (Å²) in [5.41, 5.74) is 25.6. The summed E-state index contributed by atoms with van der Waals surface area (Å²) in [6.45, 7) is 4.60. The van der Waals surface area contributed by atoms with Crippen LogP contribution in [-0.2, 0) is 10.8 Å². The molecular weight excluding hydrogens is 629 g/mol. The Morgan fingerprint density at radius 2 is 0.750 bits per heavy atom. The maximum atomic E-state index is 4.50. The van der Waals surface area contributed by atoms with E-state index in [9.17, 15) is 0 Å². The van der Waals surface area contributed by atoms with E-state index in [1.807, 2.05) is 36.9 Å². The first kappa shape index (κ1) is 28.3. The van der Waals surface area contributed by atoms with E-state index in [-0.39, 0.29) is 0 Å². The quantitative estimate of drug-likeness (QED) is 0.184. The normalized spacial score (nSPS) is 15.0. The Labute approximate surface area is 303 Å². The second kappa shape index (κ2) is 9.69. The molecule has 0 atom stereocenters. The molecular formula is C50H32N2. The first-order chi connectivity index (χ1) is 25.6. The van der Waals surface area contributed by atoms with Crippen LogP contribution in [0.5, 0.6) is 0 Å². The number of pyridine rings is 2. The van der Waals surface area contributed by atoms with Gasteiger partial charge >= 0.3 is 0 Å². The number of hydrogen-bond acceptors (Lipinski definition) is 2. The molecule has 0 saturated carbocycles. The van der Waals surface area contributed by atoms with E-state index in [0.29, 0.717) is 0 Å². The van der Waals surface area contributed by atoms with Gasteiger partial charge in [0.1, 0.15) is 0 Å². The molecule has 8 aromatic rings. The molecule has 2 heterocycles. The molecule has 0 radical (unpaired) electrons. The van der Waals surface area contributed by atoms with Crippen LogP contribution in [0.1, 0.15) is 55.6 Å². The number of aromatic nitrogens is 2. The van der Waals surface area contributed by atoms with Crippen molar-refractivity contribution in [3.05, 3.63) is 214 Å². The molecule has 4 aliphatic carbocycles. The van der Waals surface area contributed by atoms with E-state index in [2.05, 4.69) is 145 Å². The lowest BCUT2D eigenvalue weighted by Gasteiger charge is -2.36. The topological polar surface area (TPSA) is 25.8 Å². The molecule has 2 aromatic heterocycles. The molecule has 2 heteroatoms. The van der Waals surface area contributed by atoms with Gasteiger partial charge in [0.05, 0.1) is 10.8 Å². The van der Waals surface area contributed by atoms with Gasteiger partial charge in [-0.3, -0.25) is 9.97 Å². The van der Waals surface area contributed by atoms with Gasteiger partial charge in [0.25, 0.3) is 0 Å². The van der Waals surface area contributed by atoms with Crippen LogP contribution in [0.15, 0.2) is 158 Å². The average molecular weight is 661 g/mol. The van der Waals surface area contributed by atoms with Gasteiger partial charge in [0.2, 0.25) is 0 Å². The smallest absolute Gasteiger partial charge is 0.0726 e. The van der Waals surface area contributed by atoms with Crippen molar-refractivity contribution in [2.24, 2.45) is 0 Å². The predicted molar refractivity (Wildman–Crippen MR) is 210 cm³/mol. The Balaban J connectivity index is 1.23. The van der Waals surface area contributed by atoms with Crippen molar-refractivity contribution in [1.82, 2.24) is 9.97 Å². The van der Waals surface area contributed by atoms with Crippen molar-refractivity contribution in [2.75, 3.05) is 0 Å². The van der Waals surface area contributed by atoms with Crippen molar-refractivity contribution >= 4 is 0 Å². The average Bonchev–Trinajstić information content (AvgIpc) is 3.86. The summed E-state index contributed by atoms with van der Waals surface area (Å²) in [6.07, 6.45) is 7.68. The summed E-state index contributed by atoms with van der Waals surface area (Å²) < 4.78 is 0. The fourth-order valence-corrected chi connectivity index (χ4v) is 10.7. The summed E-state index contributed by atoms with van der Waals surface area (Å²) in [6, 6.07) is 50.9. The number of aryl methyl sites for hydroxylation is 2. The van der Waals surface area contributed by atoms with E-state index < -0.39 is 10.8 Å². The van der Waals surface area contributed by atoms with Crippen LogP contribution in [0.3, 0.4) is 0 Å². The minimum absolute atomic E-state index is 0.434. The molecule has 0 unspecified atom stereocenters. The fourth-order valence-electron chi connectivity index (χ4n) is 10.7. The van der Waals surface area contributed by atoms with Crippen LogP contribution in [-0.4, -0.2) is 9.97 Å². The highest BCUT2D eigenvalue weighted by Crippen LogP contribution is 2.72. The lowest BCUT2D eigenvalue weighted by molar-refractivity contribution is 0.753. The van der Waals surface area contributed by atoms with Gasteiger partial charge in [-0.1, -0.05) is 120 Å². The molecule has 2 spiro atoms. The minimum Gasteiger partial charge on any atom is -0.264 e. The van der Waals surface area contributed by atoms with Gasteiger partial charge in [-0.25, -0.2) is 0 Å². The first-order valence-electron chi connectivity index (χ1n) is 18.2. The lowest BCUT2D eigenvalue weighted by Crippen LogP contribution is -2.31. The Morgan fingerprint density at radius 3 is 1.15 bits per heavy atom. The van der Waals surface area contributed by atoms with E-state index in [4.69, 9.17) is 0 Å². The maximum absolute atomic E-state index is 4.50. The second-order valence-corrected chi connectivity index (χ2v) is 15.1. The minimum atomic E-state index is -0.434. The van der Waals surface area contributed by atoms with Gasteiger partial charge in [0.15, 0.2) is 0 Å². The van der Waals surface area contributed by atoms with Gasteiger partial charge in [0, 0.05) is 24.8 Å². The summed E-state index contributed by atoms with van der Waals surface area (Å²) in [4.78, 5) is 8.99. The third-order valence-corrected chi connectivity index (χ3v) is 12.5. The second-order valence-electron chi connectivity index (χ2n) is 15.1. The van der Waals surface area contributed by atoms with Gasteiger partial charge < -0.3 is 0 Å². The summed E-state index contributed by atoms with van der Waals surface area (Å²) in [7, 11) is 0. The Kier molecular flexibility index (Phi) is 5.28. The third-order valence-electron chi connectivity index (χ3n) is 12.5. The van der Waals surface area contributed by atoms with Crippen LogP contribution in [0, 0.1) is 13.8 Å². The fraction of sp³-hybridized carbons (Fsp3) is 0.0800. The van der Waals surface area contributed by atoms with E-state index in [0.717, 1.165) is 11.1 Å². The molecule has 52 heavy (non-hydrogen) atoms. The van der Waals surface area contributed by atoms with Crippen molar-refractivity contribution < 1.29 is 0 Å². The molecule has 12 rings (SSSR count). The van der Waals surface area contributed by atoms with Crippen molar-refractivity contribution in [2.45, 2.75) is 24.7 Å². The molecule has 242 valence electrons. The number of nitrogens with zero attached hydrogens (tertiary/aromatic N) is 2. The van der Waals surface area contributed by atoms with Crippen LogP contribution in [0.25, 0.3) is 55.6 Å². The zero-order valence-electron chi connectivity index (χ0n) is 28.9. The van der Waals surface area contributed by atoms with Crippen LogP contribution < -0.4 is 0 Å². The highest BCUT2D eigenvalue weighted by atomic mass is 14.6. The van der Waals surface area contributed by atoms with E-state index >= 15 is 0 Å². The zero-order chi connectivity index (χ0) is 34.3. The number of hydrogen-bond donors (Lipinski definition) is 0. The zero-order valence-corrected chi connectivity index (χ0v) is 28.9. The monoisotopic (exact) mass is 660 g/mol. The highest BCUT2D eigenvalue weighted by molar-refractivity contribution is 6.05. The largest absolute Gasteiger partial charge is 0.264 e. The predicted octanol–water partition coefficient (Wildman–Crippen LogP) is 11.4. The lowest BCUT2D eigenvalue weighted by atomic mass is 9.64. The van der Waals surface area contributed by atoms with Crippen molar-refractivity contribution in [3.63, 3.8) is 0 Å². The third kappa shape index (κ3) is 3.19. The summed E-state index contributed by atoms with van der Waals surface area (Å²) in [5.74, 6) is 0. The Morgan fingerprint density at radius 1 is 0.346 bits per heavy atom. The number of rotatable bonds is 2. The molecule has 0 amide bonds. The van der Waals surface area contributed by atoms with Gasteiger partial charge in [-0.2, -0.15) is 0 Å². The van der Waals surface area contributed by atoms with E-state index in [1.54, 1.807) is 0 Å². The SMILES string of the molecule is Cc1cc2c3c(c1)C1(c4ccccc4-c4ccc(-c5cccnc5)cc41)c1cc(C)cc(c1-3)C21c2ccccc2-c2ccc(-c3cccnc3)cc21. The van der Waals surface area contributed by atoms with Crippen LogP contribution in [0.2, 0.25) is 0 Å². The Hall–Kier alpha value is -6.38. The molecule has 0 fully saturated rings. The molecule has 4 aliphatic rings.